The average molecular weight is 594 g/mol. The van der Waals surface area contributed by atoms with Crippen LogP contribution in [-0.2, 0) is 28.5 Å². The number of fused-ring (bicyclic) bond motifs is 3. The first-order chi connectivity index (χ1) is 20.5. The summed E-state index contributed by atoms with van der Waals surface area (Å²) in [5, 5.41) is 0. The SMILES string of the molecule is CO[C@@H](/C(C)=C/C=C/C(C)=C/c1coc(C)n1)[C@@H](C)C1CC[C@@]2(C)O[C@@H]2/C=C/[C@@H](C)[C@H]2C[C@@H](C/C=C/C(=O)O1)CC(=O)O2. The molecule has 8 heteroatoms. The van der Waals surface area contributed by atoms with Crippen LogP contribution in [0.15, 0.2) is 64.4 Å². The van der Waals surface area contributed by atoms with Gasteiger partial charge in [-0.05, 0) is 69.6 Å². The smallest absolute Gasteiger partial charge is 0.330 e. The number of ether oxygens (including phenoxy) is 4. The summed E-state index contributed by atoms with van der Waals surface area (Å²) in [6.07, 6.45) is 19.5. The van der Waals surface area contributed by atoms with Crippen molar-refractivity contribution in [3.63, 3.8) is 0 Å². The van der Waals surface area contributed by atoms with Gasteiger partial charge < -0.3 is 23.4 Å². The molecule has 0 amide bonds. The van der Waals surface area contributed by atoms with Crippen molar-refractivity contribution in [3.05, 3.63) is 71.5 Å². The maximum Gasteiger partial charge on any atom is 0.330 e. The number of aromatic nitrogens is 1. The van der Waals surface area contributed by atoms with E-state index in [0.717, 1.165) is 29.7 Å². The molecular formula is C35H47NO7. The Bertz CT molecular complexity index is 1290. The van der Waals surface area contributed by atoms with Gasteiger partial charge in [0.05, 0.1) is 11.7 Å². The second-order valence-electron chi connectivity index (χ2n) is 12.5. The zero-order chi connectivity index (χ0) is 31.1. The lowest BCUT2D eigenvalue weighted by molar-refractivity contribution is -0.158. The predicted octanol–water partition coefficient (Wildman–Crippen LogP) is 6.86. The van der Waals surface area contributed by atoms with E-state index in [0.29, 0.717) is 25.2 Å². The van der Waals surface area contributed by atoms with E-state index in [2.05, 4.69) is 37.9 Å². The molecule has 0 aromatic carbocycles. The van der Waals surface area contributed by atoms with E-state index < -0.39 is 0 Å². The number of hydrogen-bond donors (Lipinski definition) is 0. The summed E-state index contributed by atoms with van der Waals surface area (Å²) in [6, 6.07) is 0. The van der Waals surface area contributed by atoms with Crippen molar-refractivity contribution in [2.24, 2.45) is 17.8 Å². The van der Waals surface area contributed by atoms with Gasteiger partial charge in [0.15, 0.2) is 5.89 Å². The van der Waals surface area contributed by atoms with E-state index in [4.69, 9.17) is 23.4 Å². The van der Waals surface area contributed by atoms with Crippen LogP contribution < -0.4 is 0 Å². The number of allylic oxidation sites excluding steroid dienone is 5. The summed E-state index contributed by atoms with van der Waals surface area (Å²) in [4.78, 5) is 29.6. The third-order valence-corrected chi connectivity index (χ3v) is 8.83. The number of methoxy groups -OCH3 is 1. The van der Waals surface area contributed by atoms with Crippen LogP contribution in [0.5, 0.6) is 0 Å². The van der Waals surface area contributed by atoms with Gasteiger partial charge in [-0.15, -0.1) is 0 Å². The molecule has 0 N–H and O–H groups in total. The largest absolute Gasteiger partial charge is 0.462 e. The quantitative estimate of drug-likeness (QED) is 0.146. The van der Waals surface area contributed by atoms with E-state index in [1.165, 1.54) is 6.08 Å². The van der Waals surface area contributed by atoms with Crippen molar-refractivity contribution < 1.29 is 33.0 Å². The molecule has 2 bridgehead atoms. The van der Waals surface area contributed by atoms with Crippen molar-refractivity contribution in [1.82, 2.24) is 4.98 Å². The van der Waals surface area contributed by atoms with Crippen LogP contribution in [0.4, 0.5) is 0 Å². The number of cyclic esters (lactones) is 1. The molecule has 4 rings (SSSR count). The molecule has 0 radical (unpaired) electrons. The van der Waals surface area contributed by atoms with Crippen LogP contribution in [0, 0.1) is 24.7 Å². The minimum Gasteiger partial charge on any atom is -0.462 e. The highest BCUT2D eigenvalue weighted by Gasteiger charge is 2.51. The molecule has 0 spiro atoms. The molecule has 1 aromatic heterocycles. The topological polar surface area (TPSA) is 100 Å². The van der Waals surface area contributed by atoms with Crippen molar-refractivity contribution in [1.29, 1.82) is 0 Å². The zero-order valence-electron chi connectivity index (χ0n) is 26.6. The molecule has 3 aliphatic rings. The molecule has 4 heterocycles. The average Bonchev–Trinajstić information content (AvgIpc) is 3.42. The number of rotatable bonds is 7. The van der Waals surface area contributed by atoms with Gasteiger partial charge in [-0.1, -0.05) is 50.3 Å². The third kappa shape index (κ3) is 9.13. The van der Waals surface area contributed by atoms with Gasteiger partial charge in [0, 0.05) is 38.4 Å². The Balaban J connectivity index is 1.48. The van der Waals surface area contributed by atoms with Crippen LogP contribution >= 0.6 is 0 Å². The Morgan fingerprint density at radius 1 is 1.21 bits per heavy atom. The van der Waals surface area contributed by atoms with Gasteiger partial charge in [-0.25, -0.2) is 9.78 Å². The lowest BCUT2D eigenvalue weighted by atomic mass is 9.86. The fourth-order valence-electron chi connectivity index (χ4n) is 6.10. The lowest BCUT2D eigenvalue weighted by Gasteiger charge is -2.31. The van der Waals surface area contributed by atoms with Crippen molar-refractivity contribution in [2.75, 3.05) is 7.11 Å². The molecule has 8 nitrogen and oxygen atoms in total. The molecule has 8 atom stereocenters. The summed E-state index contributed by atoms with van der Waals surface area (Å²) in [7, 11) is 1.69. The summed E-state index contributed by atoms with van der Waals surface area (Å²) in [5.41, 5.74) is 2.51. The van der Waals surface area contributed by atoms with Gasteiger partial charge >= 0.3 is 11.9 Å². The predicted molar refractivity (Wildman–Crippen MR) is 165 cm³/mol. The van der Waals surface area contributed by atoms with Crippen LogP contribution in [-0.4, -0.2) is 54.0 Å². The highest BCUT2D eigenvalue weighted by atomic mass is 16.6. The molecule has 2 saturated heterocycles. The minimum atomic E-state index is -0.384. The highest BCUT2D eigenvalue weighted by Crippen LogP contribution is 2.43. The van der Waals surface area contributed by atoms with Crippen molar-refractivity contribution in [3.8, 4) is 0 Å². The summed E-state index contributed by atoms with van der Waals surface area (Å²) in [5.74, 6) is 0.186. The first-order valence-electron chi connectivity index (χ1n) is 15.4. The van der Waals surface area contributed by atoms with E-state index in [1.807, 2.05) is 51.2 Å². The fraction of sp³-hybridized carbons (Fsp3) is 0.571. The molecule has 0 aliphatic carbocycles. The molecule has 2 fully saturated rings. The Kier molecular flexibility index (Phi) is 11.0. The zero-order valence-corrected chi connectivity index (χ0v) is 26.6. The number of epoxide rings is 1. The molecule has 43 heavy (non-hydrogen) atoms. The Morgan fingerprint density at radius 3 is 2.72 bits per heavy atom. The molecule has 3 aliphatic heterocycles. The number of hydrogen-bond acceptors (Lipinski definition) is 8. The molecule has 1 unspecified atom stereocenters. The van der Waals surface area contributed by atoms with E-state index in [9.17, 15) is 9.59 Å². The molecule has 234 valence electrons. The van der Waals surface area contributed by atoms with Crippen LogP contribution in [0.1, 0.15) is 78.3 Å². The number of esters is 2. The first kappa shape index (κ1) is 32.7. The fourth-order valence-corrected chi connectivity index (χ4v) is 6.10. The van der Waals surface area contributed by atoms with Crippen LogP contribution in [0.3, 0.4) is 0 Å². The third-order valence-electron chi connectivity index (χ3n) is 8.83. The van der Waals surface area contributed by atoms with Crippen molar-refractivity contribution in [2.45, 2.75) is 104 Å². The molecule has 1 aromatic rings. The maximum atomic E-state index is 13.0. The monoisotopic (exact) mass is 593 g/mol. The standard InChI is InChI=1S/C35H47NO7/c1-22(18-28-21-40-26(5)36-28)10-8-11-24(3)34(39-7)25(4)29-16-17-35(6)31(43-35)15-14-23(2)30-19-27(20-33(38)42-30)12-9-13-32(37)41-29/h8-11,13-15,18,21,23,25,27,29-31,34H,12,16-17,19-20H2,1-7H3/b10-8+,13-9+,15-14+,22-18+,24-11+/t23-,25+,27-,29?,30-,31-,34+,35-/m1/s1. The number of oxazole rings is 1. The van der Waals surface area contributed by atoms with Crippen LogP contribution in [0.25, 0.3) is 6.08 Å². The Morgan fingerprint density at radius 2 is 2.00 bits per heavy atom. The first-order valence-corrected chi connectivity index (χ1v) is 15.4. The van der Waals surface area contributed by atoms with Gasteiger partial charge in [-0.3, -0.25) is 4.79 Å². The molecule has 0 saturated carbocycles. The van der Waals surface area contributed by atoms with E-state index >= 15 is 0 Å². The number of carbonyl (C=O) groups is 2. The van der Waals surface area contributed by atoms with Gasteiger partial charge in [0.25, 0.3) is 0 Å². The van der Waals surface area contributed by atoms with Gasteiger partial charge in [0.1, 0.15) is 30.3 Å². The van der Waals surface area contributed by atoms with E-state index in [1.54, 1.807) is 13.4 Å². The Hall–Kier alpha value is -3.23. The Labute approximate surface area is 255 Å². The number of nitrogens with zero attached hydrogens (tertiary/aromatic N) is 1. The second kappa shape index (κ2) is 14.5. The number of aryl methyl sites for hydroxylation is 1. The minimum absolute atomic E-state index is 0.0213. The van der Waals surface area contributed by atoms with Gasteiger partial charge in [0.2, 0.25) is 0 Å². The summed E-state index contributed by atoms with van der Waals surface area (Å²) < 4.78 is 29.0. The highest BCUT2D eigenvalue weighted by molar-refractivity contribution is 5.82. The second-order valence-corrected chi connectivity index (χ2v) is 12.5. The number of carbonyl (C=O) groups excluding carboxylic acids is 2. The lowest BCUT2D eigenvalue weighted by Crippen LogP contribution is -2.36. The van der Waals surface area contributed by atoms with Crippen LogP contribution in [0.2, 0.25) is 0 Å². The summed E-state index contributed by atoms with van der Waals surface area (Å²) >= 11 is 0. The normalized spacial score (nSPS) is 33.7. The molecular weight excluding hydrogens is 546 g/mol. The maximum absolute atomic E-state index is 13.0. The van der Waals surface area contributed by atoms with Gasteiger partial charge in [-0.2, -0.15) is 0 Å². The van der Waals surface area contributed by atoms with E-state index in [-0.39, 0.29) is 59.7 Å². The summed E-state index contributed by atoms with van der Waals surface area (Å²) in [6.45, 7) is 12.1. The van der Waals surface area contributed by atoms with Crippen molar-refractivity contribution >= 4 is 18.0 Å².